The molecule has 9 heteroatoms. The molecule has 1 aliphatic rings. The van der Waals surface area contributed by atoms with Gasteiger partial charge in [-0.1, -0.05) is 18.2 Å². The van der Waals surface area contributed by atoms with Crippen molar-refractivity contribution in [2.75, 3.05) is 18.0 Å². The summed E-state index contributed by atoms with van der Waals surface area (Å²) in [6, 6.07) is 14.9. The Morgan fingerprint density at radius 1 is 1.00 bits per heavy atom. The predicted octanol–water partition coefficient (Wildman–Crippen LogP) is 5.17. The number of aromatic nitrogens is 4. The van der Waals surface area contributed by atoms with Crippen molar-refractivity contribution >= 4 is 28.6 Å². The van der Waals surface area contributed by atoms with Crippen LogP contribution in [-0.4, -0.2) is 61.6 Å². The molecule has 38 heavy (non-hydrogen) atoms. The topological polar surface area (TPSA) is 93.5 Å². The van der Waals surface area contributed by atoms with Crippen LogP contribution in [0.1, 0.15) is 49.5 Å². The van der Waals surface area contributed by atoms with Crippen molar-refractivity contribution in [3.05, 3.63) is 78.2 Å². The first-order chi connectivity index (χ1) is 18.2. The zero-order chi connectivity index (χ0) is 26.9. The van der Waals surface area contributed by atoms with E-state index in [1.165, 1.54) is 4.80 Å². The quantitative estimate of drug-likeness (QED) is 0.375. The highest BCUT2D eigenvalue weighted by molar-refractivity contribution is 6.10. The molecule has 2 amide bonds. The van der Waals surface area contributed by atoms with Gasteiger partial charge < -0.3 is 9.64 Å². The average Bonchev–Trinajstić information content (AvgIpc) is 3.43. The highest BCUT2D eigenvalue weighted by Crippen LogP contribution is 2.32. The Kier molecular flexibility index (Phi) is 6.84. The molecule has 196 valence electrons. The van der Waals surface area contributed by atoms with Crippen LogP contribution in [-0.2, 0) is 4.74 Å². The Morgan fingerprint density at radius 3 is 2.45 bits per heavy atom. The second-order valence-electron chi connectivity index (χ2n) is 10.6. The van der Waals surface area contributed by atoms with E-state index in [2.05, 4.69) is 10.2 Å². The first-order valence-electron chi connectivity index (χ1n) is 12.8. The highest BCUT2D eigenvalue weighted by atomic mass is 16.6. The number of ether oxygens (including phenoxy) is 1. The standard InChI is InChI=1S/C29H32N6O3/c1-20-7-5-8-21-14-15-30-26(25(20)21)34(24-9-6-18-33(19-24)28(37)38-29(2,3)4)27(36)22-10-12-23(13-11-22)35-31-16-17-32-35/h5,7-8,10-17,24H,6,9,18-19H2,1-4H3/t24-/m1/s1. The summed E-state index contributed by atoms with van der Waals surface area (Å²) in [6.45, 7) is 8.53. The van der Waals surface area contributed by atoms with Crippen LogP contribution >= 0.6 is 0 Å². The second-order valence-corrected chi connectivity index (χ2v) is 10.6. The molecular formula is C29H32N6O3. The van der Waals surface area contributed by atoms with Gasteiger partial charge >= 0.3 is 6.09 Å². The van der Waals surface area contributed by atoms with Crippen molar-refractivity contribution in [3.63, 3.8) is 0 Å². The van der Waals surface area contributed by atoms with Crippen LogP contribution in [0, 0.1) is 6.92 Å². The number of rotatable bonds is 4. The molecule has 0 spiro atoms. The highest BCUT2D eigenvalue weighted by Gasteiger charge is 2.35. The number of carbonyl (C=O) groups excluding carboxylic acids is 2. The molecular weight excluding hydrogens is 480 g/mol. The zero-order valence-electron chi connectivity index (χ0n) is 22.2. The van der Waals surface area contributed by atoms with E-state index in [-0.39, 0.29) is 18.0 Å². The fraction of sp³-hybridized carbons (Fsp3) is 0.345. The molecule has 9 nitrogen and oxygen atoms in total. The normalized spacial score (nSPS) is 15.9. The van der Waals surface area contributed by atoms with Gasteiger partial charge in [0.2, 0.25) is 0 Å². The number of pyridine rings is 1. The van der Waals surface area contributed by atoms with Gasteiger partial charge in [-0.3, -0.25) is 9.69 Å². The first-order valence-corrected chi connectivity index (χ1v) is 12.8. The molecule has 0 saturated carbocycles. The Balaban J connectivity index is 1.54. The maximum absolute atomic E-state index is 14.2. The summed E-state index contributed by atoms with van der Waals surface area (Å²) >= 11 is 0. The molecule has 0 N–H and O–H groups in total. The monoisotopic (exact) mass is 512 g/mol. The molecule has 1 fully saturated rings. The zero-order valence-corrected chi connectivity index (χ0v) is 22.2. The third-order valence-electron chi connectivity index (χ3n) is 6.60. The average molecular weight is 513 g/mol. The van der Waals surface area contributed by atoms with Crippen LogP contribution < -0.4 is 4.90 Å². The van der Waals surface area contributed by atoms with E-state index in [9.17, 15) is 9.59 Å². The van der Waals surface area contributed by atoms with Gasteiger partial charge in [0.1, 0.15) is 11.4 Å². The van der Waals surface area contributed by atoms with E-state index in [1.54, 1.807) is 40.5 Å². The number of hydrogen-bond donors (Lipinski definition) is 0. The Bertz CT molecular complexity index is 1440. The van der Waals surface area contributed by atoms with Gasteiger partial charge in [-0.2, -0.15) is 15.0 Å². The Morgan fingerprint density at radius 2 is 1.74 bits per heavy atom. The van der Waals surface area contributed by atoms with Crippen molar-refractivity contribution < 1.29 is 14.3 Å². The molecule has 1 saturated heterocycles. The van der Waals surface area contributed by atoms with Crippen molar-refractivity contribution in [1.29, 1.82) is 0 Å². The fourth-order valence-corrected chi connectivity index (χ4v) is 4.89. The minimum atomic E-state index is -0.598. The number of nitrogens with zero attached hydrogens (tertiary/aromatic N) is 6. The molecule has 2 aromatic carbocycles. The molecule has 0 radical (unpaired) electrons. The smallest absolute Gasteiger partial charge is 0.410 e. The molecule has 4 aromatic rings. The largest absolute Gasteiger partial charge is 0.444 e. The predicted molar refractivity (Wildman–Crippen MR) is 145 cm³/mol. The number of piperidine rings is 1. The van der Waals surface area contributed by atoms with E-state index in [0.29, 0.717) is 24.5 Å². The molecule has 2 aromatic heterocycles. The van der Waals surface area contributed by atoms with Gasteiger partial charge in [0.15, 0.2) is 0 Å². The molecule has 0 unspecified atom stereocenters. The van der Waals surface area contributed by atoms with Gasteiger partial charge in [-0.05, 0) is 81.8 Å². The minimum Gasteiger partial charge on any atom is -0.444 e. The molecule has 5 rings (SSSR count). The number of carbonyl (C=O) groups is 2. The number of hydrogen-bond acceptors (Lipinski definition) is 6. The maximum atomic E-state index is 14.2. The lowest BCUT2D eigenvalue weighted by molar-refractivity contribution is 0.0196. The third kappa shape index (κ3) is 5.22. The summed E-state index contributed by atoms with van der Waals surface area (Å²) in [5.41, 5.74) is 1.70. The van der Waals surface area contributed by atoms with Crippen molar-refractivity contribution in [1.82, 2.24) is 24.9 Å². The summed E-state index contributed by atoms with van der Waals surface area (Å²) in [5, 5.41) is 10.3. The molecule has 1 atom stereocenters. The number of benzene rings is 2. The Labute approximate surface area is 222 Å². The van der Waals surface area contributed by atoms with E-state index in [1.807, 2.05) is 64.1 Å². The lowest BCUT2D eigenvalue weighted by Crippen LogP contribution is -2.53. The minimum absolute atomic E-state index is 0.177. The van der Waals surface area contributed by atoms with Crippen LogP contribution in [0.15, 0.2) is 67.1 Å². The second kappa shape index (κ2) is 10.2. The fourth-order valence-electron chi connectivity index (χ4n) is 4.89. The molecule has 0 aliphatic carbocycles. The van der Waals surface area contributed by atoms with Crippen LogP contribution in [0.5, 0.6) is 0 Å². The van der Waals surface area contributed by atoms with E-state index in [4.69, 9.17) is 9.72 Å². The molecule has 1 aliphatic heterocycles. The Hall–Kier alpha value is -4.27. The SMILES string of the molecule is Cc1cccc2ccnc(N(C(=O)c3ccc(-n4nccn4)cc3)[C@@H]3CCCN(C(=O)OC(C)(C)C)C3)c12. The van der Waals surface area contributed by atoms with Gasteiger partial charge in [-0.15, -0.1) is 0 Å². The lowest BCUT2D eigenvalue weighted by atomic mass is 10.0. The van der Waals surface area contributed by atoms with Crippen LogP contribution in [0.2, 0.25) is 0 Å². The summed E-state index contributed by atoms with van der Waals surface area (Å²) in [5.74, 6) is 0.420. The van der Waals surface area contributed by atoms with Gasteiger partial charge in [0, 0.05) is 30.2 Å². The van der Waals surface area contributed by atoms with Crippen molar-refractivity contribution in [2.45, 2.75) is 52.2 Å². The number of anilines is 1. The van der Waals surface area contributed by atoms with Gasteiger partial charge in [0.05, 0.1) is 24.1 Å². The number of likely N-dealkylation sites (tertiary alicyclic amines) is 1. The molecule has 3 heterocycles. The summed E-state index contributed by atoms with van der Waals surface area (Å²) < 4.78 is 5.65. The van der Waals surface area contributed by atoms with E-state index in [0.717, 1.165) is 34.9 Å². The van der Waals surface area contributed by atoms with Crippen molar-refractivity contribution in [2.24, 2.45) is 0 Å². The summed E-state index contributed by atoms with van der Waals surface area (Å²) in [4.78, 5) is 36.9. The maximum Gasteiger partial charge on any atom is 0.410 e. The van der Waals surface area contributed by atoms with Crippen LogP contribution in [0.3, 0.4) is 0 Å². The third-order valence-corrected chi connectivity index (χ3v) is 6.60. The van der Waals surface area contributed by atoms with Crippen molar-refractivity contribution in [3.8, 4) is 5.69 Å². The number of fused-ring (bicyclic) bond motifs is 1. The summed E-state index contributed by atoms with van der Waals surface area (Å²) in [7, 11) is 0. The van der Waals surface area contributed by atoms with E-state index >= 15 is 0 Å². The van der Waals surface area contributed by atoms with Crippen LogP contribution in [0.25, 0.3) is 16.5 Å². The summed E-state index contributed by atoms with van der Waals surface area (Å²) in [6.07, 6.45) is 6.07. The van der Waals surface area contributed by atoms with Crippen LogP contribution in [0.4, 0.5) is 10.6 Å². The van der Waals surface area contributed by atoms with E-state index < -0.39 is 5.60 Å². The van der Waals surface area contributed by atoms with Gasteiger partial charge in [0.25, 0.3) is 5.91 Å². The van der Waals surface area contributed by atoms with Gasteiger partial charge in [-0.25, -0.2) is 9.78 Å². The number of aryl methyl sites for hydroxylation is 1. The lowest BCUT2D eigenvalue weighted by Gasteiger charge is -2.39. The first kappa shape index (κ1) is 25.4. The molecule has 0 bridgehead atoms. The number of amides is 2.